The summed E-state index contributed by atoms with van der Waals surface area (Å²) in [5.41, 5.74) is -2.08. The number of hydrogen-bond donors (Lipinski definition) is 3. The molecule has 0 bridgehead atoms. The number of piperidine rings is 2. The minimum absolute atomic E-state index is 0.0435. The standard InChI is InChI=1S/C22H40N2O6/c1-19(2)10-14(11-20(3,4)23(19)28)18(30-17(27)9-16(25)26)15-12-21(5,6)24(29)22(7,8)13-15/h14-15,18,28-29H,9-13H2,1-8H3,(H,25,26). The number of carbonyl (C=O) groups excluding carboxylic acids is 1. The first-order chi connectivity index (χ1) is 13.4. The number of aliphatic carboxylic acids is 1. The van der Waals surface area contributed by atoms with Gasteiger partial charge >= 0.3 is 11.9 Å². The highest BCUT2D eigenvalue weighted by molar-refractivity contribution is 5.90. The molecule has 2 saturated heterocycles. The molecule has 2 aliphatic heterocycles. The normalized spacial score (nSPS) is 27.2. The van der Waals surface area contributed by atoms with Gasteiger partial charge < -0.3 is 20.3 Å². The summed E-state index contributed by atoms with van der Waals surface area (Å²) in [7, 11) is 0. The fourth-order valence-corrected chi connectivity index (χ4v) is 6.05. The van der Waals surface area contributed by atoms with E-state index in [1.54, 1.807) is 0 Å². The van der Waals surface area contributed by atoms with Gasteiger partial charge in [-0.15, -0.1) is 0 Å². The van der Waals surface area contributed by atoms with Crippen LogP contribution >= 0.6 is 0 Å². The van der Waals surface area contributed by atoms with Crippen LogP contribution in [0.2, 0.25) is 0 Å². The zero-order valence-corrected chi connectivity index (χ0v) is 19.7. The molecule has 174 valence electrons. The summed E-state index contributed by atoms with van der Waals surface area (Å²) in [5, 5.41) is 33.2. The fourth-order valence-electron chi connectivity index (χ4n) is 6.05. The van der Waals surface area contributed by atoms with Crippen molar-refractivity contribution >= 4 is 11.9 Å². The number of carboxylic acids is 1. The van der Waals surface area contributed by atoms with Crippen LogP contribution in [-0.2, 0) is 14.3 Å². The number of carbonyl (C=O) groups is 2. The van der Waals surface area contributed by atoms with E-state index in [1.807, 2.05) is 55.4 Å². The van der Waals surface area contributed by atoms with Gasteiger partial charge in [-0.05, 0) is 92.9 Å². The van der Waals surface area contributed by atoms with Gasteiger partial charge in [-0.3, -0.25) is 9.59 Å². The Labute approximate surface area is 180 Å². The Morgan fingerprint density at radius 1 is 0.800 bits per heavy atom. The van der Waals surface area contributed by atoms with Gasteiger partial charge in [0.2, 0.25) is 0 Å². The lowest BCUT2D eigenvalue weighted by Crippen LogP contribution is -2.63. The van der Waals surface area contributed by atoms with E-state index in [0.717, 1.165) is 0 Å². The molecule has 0 atom stereocenters. The molecule has 8 nitrogen and oxygen atoms in total. The molecule has 0 saturated carbocycles. The van der Waals surface area contributed by atoms with Crippen molar-refractivity contribution in [1.82, 2.24) is 10.1 Å². The SMILES string of the molecule is CC1(C)CC(C(OC(=O)CC(=O)O)C2CC(C)(C)N(O)C(C)(C)C2)CC(C)(C)N1O. The molecule has 0 amide bonds. The number of carboxylic acid groups (broad SMARTS) is 1. The van der Waals surface area contributed by atoms with E-state index in [2.05, 4.69) is 0 Å². The van der Waals surface area contributed by atoms with E-state index in [-0.39, 0.29) is 11.8 Å². The van der Waals surface area contributed by atoms with E-state index >= 15 is 0 Å². The van der Waals surface area contributed by atoms with Gasteiger partial charge in [-0.1, -0.05) is 0 Å². The van der Waals surface area contributed by atoms with E-state index in [4.69, 9.17) is 9.84 Å². The fraction of sp³-hybridized carbons (Fsp3) is 0.909. The zero-order chi connectivity index (χ0) is 23.3. The summed E-state index contributed by atoms with van der Waals surface area (Å²) in [5.74, 6) is -2.04. The highest BCUT2D eigenvalue weighted by Crippen LogP contribution is 2.48. The predicted molar refractivity (Wildman–Crippen MR) is 111 cm³/mol. The molecule has 0 radical (unpaired) electrons. The first kappa shape index (κ1) is 25.0. The maximum Gasteiger partial charge on any atom is 0.317 e. The quantitative estimate of drug-likeness (QED) is 0.449. The Hall–Kier alpha value is -1.22. The second-order valence-electron chi connectivity index (χ2n) is 11.7. The summed E-state index contributed by atoms with van der Waals surface area (Å²) in [4.78, 5) is 23.5. The smallest absolute Gasteiger partial charge is 0.317 e. The second-order valence-corrected chi connectivity index (χ2v) is 11.7. The number of rotatable bonds is 5. The zero-order valence-electron chi connectivity index (χ0n) is 19.7. The van der Waals surface area contributed by atoms with Crippen molar-refractivity contribution in [3.63, 3.8) is 0 Å². The van der Waals surface area contributed by atoms with Crippen LogP contribution in [0.1, 0.15) is 87.5 Å². The van der Waals surface area contributed by atoms with Crippen LogP contribution in [0.3, 0.4) is 0 Å². The van der Waals surface area contributed by atoms with Crippen molar-refractivity contribution in [2.45, 2.75) is 116 Å². The molecule has 0 aliphatic carbocycles. The Morgan fingerprint density at radius 2 is 1.10 bits per heavy atom. The van der Waals surface area contributed by atoms with Gasteiger partial charge in [-0.25, -0.2) is 0 Å². The molecule has 2 aliphatic rings. The molecule has 8 heteroatoms. The van der Waals surface area contributed by atoms with Crippen LogP contribution in [-0.4, -0.2) is 65.8 Å². The summed E-state index contributed by atoms with van der Waals surface area (Å²) in [6.45, 7) is 15.7. The first-order valence-corrected chi connectivity index (χ1v) is 10.8. The van der Waals surface area contributed by atoms with Gasteiger partial charge in [0.1, 0.15) is 12.5 Å². The number of ether oxygens (including phenoxy) is 1. The van der Waals surface area contributed by atoms with E-state index in [1.165, 1.54) is 10.1 Å². The molecule has 0 aromatic carbocycles. The first-order valence-electron chi connectivity index (χ1n) is 10.8. The number of esters is 1. The third-order valence-corrected chi connectivity index (χ3v) is 6.83. The topological polar surface area (TPSA) is 111 Å². The minimum Gasteiger partial charge on any atom is -0.481 e. The van der Waals surface area contributed by atoms with Crippen LogP contribution < -0.4 is 0 Å². The molecular formula is C22H40N2O6. The van der Waals surface area contributed by atoms with Crippen LogP contribution in [0, 0.1) is 11.8 Å². The molecule has 2 heterocycles. The van der Waals surface area contributed by atoms with Crippen molar-refractivity contribution in [2.24, 2.45) is 11.8 Å². The number of hydroxylamine groups is 4. The second kappa shape index (κ2) is 8.04. The Kier molecular flexibility index (Phi) is 6.71. The lowest BCUT2D eigenvalue weighted by Gasteiger charge is -2.56. The minimum atomic E-state index is -1.21. The summed E-state index contributed by atoms with van der Waals surface area (Å²) < 4.78 is 5.86. The van der Waals surface area contributed by atoms with Crippen LogP contribution in [0.25, 0.3) is 0 Å². The third-order valence-electron chi connectivity index (χ3n) is 6.83. The molecule has 2 fully saturated rings. The van der Waals surface area contributed by atoms with E-state index < -0.39 is 46.6 Å². The van der Waals surface area contributed by atoms with Gasteiger partial charge in [0.25, 0.3) is 0 Å². The predicted octanol–water partition coefficient (Wildman–Crippen LogP) is 3.69. The summed E-state index contributed by atoms with van der Waals surface area (Å²) in [6, 6.07) is 0. The number of hydrogen-bond acceptors (Lipinski definition) is 7. The van der Waals surface area contributed by atoms with Crippen LogP contribution in [0.15, 0.2) is 0 Å². The van der Waals surface area contributed by atoms with Crippen LogP contribution in [0.5, 0.6) is 0 Å². The lowest BCUT2D eigenvalue weighted by atomic mass is 9.66. The van der Waals surface area contributed by atoms with Gasteiger partial charge in [0, 0.05) is 22.2 Å². The van der Waals surface area contributed by atoms with Gasteiger partial charge in [0.05, 0.1) is 0 Å². The maximum absolute atomic E-state index is 12.4. The van der Waals surface area contributed by atoms with E-state index in [9.17, 15) is 20.0 Å². The van der Waals surface area contributed by atoms with Gasteiger partial charge in [0.15, 0.2) is 0 Å². The highest BCUT2D eigenvalue weighted by Gasteiger charge is 2.53. The largest absolute Gasteiger partial charge is 0.481 e. The molecule has 30 heavy (non-hydrogen) atoms. The lowest BCUT2D eigenvalue weighted by molar-refractivity contribution is -0.272. The Bertz CT molecular complexity index is 595. The average Bonchev–Trinajstić information content (AvgIpc) is 2.53. The van der Waals surface area contributed by atoms with Crippen molar-refractivity contribution in [1.29, 1.82) is 0 Å². The molecule has 0 aromatic heterocycles. The average molecular weight is 429 g/mol. The molecular weight excluding hydrogens is 388 g/mol. The molecule has 0 spiro atoms. The Balaban J connectivity index is 2.40. The summed E-state index contributed by atoms with van der Waals surface area (Å²) >= 11 is 0. The van der Waals surface area contributed by atoms with Gasteiger partial charge in [-0.2, -0.15) is 10.1 Å². The maximum atomic E-state index is 12.4. The van der Waals surface area contributed by atoms with Crippen molar-refractivity contribution in [2.75, 3.05) is 0 Å². The van der Waals surface area contributed by atoms with Crippen molar-refractivity contribution < 1.29 is 29.8 Å². The molecule has 3 N–H and O–H groups in total. The van der Waals surface area contributed by atoms with Crippen LogP contribution in [0.4, 0.5) is 0 Å². The molecule has 0 aromatic rings. The molecule has 0 unspecified atom stereocenters. The highest BCUT2D eigenvalue weighted by atomic mass is 16.5. The summed E-state index contributed by atoms with van der Waals surface area (Å²) in [6.07, 6.45) is 1.27. The van der Waals surface area contributed by atoms with E-state index in [0.29, 0.717) is 25.7 Å². The monoisotopic (exact) mass is 428 g/mol. The third kappa shape index (κ3) is 5.15. The van der Waals surface area contributed by atoms with Crippen molar-refractivity contribution in [3.8, 4) is 0 Å². The molecule has 2 rings (SSSR count). The van der Waals surface area contributed by atoms with Crippen molar-refractivity contribution in [3.05, 3.63) is 0 Å². The Morgan fingerprint density at radius 3 is 1.37 bits per heavy atom. The number of nitrogens with zero attached hydrogens (tertiary/aromatic N) is 2.